The highest BCUT2D eigenvalue weighted by Gasteiger charge is 2.29. The molecule has 3 nitrogen and oxygen atoms in total. The number of anilines is 1. The van der Waals surface area contributed by atoms with Gasteiger partial charge in [0.15, 0.2) is 0 Å². The minimum Gasteiger partial charge on any atom is -0.464 e. The Morgan fingerprint density at radius 2 is 1.93 bits per heavy atom. The largest absolute Gasteiger partial charge is 0.464 e. The first kappa shape index (κ1) is 22.0. The van der Waals surface area contributed by atoms with Crippen LogP contribution >= 0.6 is 11.3 Å². The standard InChI is InChI=1S/C24H31NO2S/c1-8-14-27-18(4)23-17(3)22(25(7)24(5,6)16-26)21(28-23)15-20-13-11-10-12-19(20)9-2/h8,10-14,16H,4,9,15H2,1-3,5-7H3/b14-8-. The first-order valence-electron chi connectivity index (χ1n) is 9.63. The van der Waals surface area contributed by atoms with Crippen LogP contribution in [0.25, 0.3) is 5.76 Å². The van der Waals surface area contributed by atoms with E-state index in [0.717, 1.165) is 35.3 Å². The van der Waals surface area contributed by atoms with Crippen molar-refractivity contribution in [2.75, 3.05) is 11.9 Å². The van der Waals surface area contributed by atoms with Crippen LogP contribution in [0.15, 0.2) is 43.2 Å². The Balaban J connectivity index is 2.58. The van der Waals surface area contributed by atoms with E-state index in [1.807, 2.05) is 33.9 Å². The molecule has 150 valence electrons. The average molecular weight is 398 g/mol. The van der Waals surface area contributed by atoms with Crippen LogP contribution in [-0.4, -0.2) is 18.9 Å². The number of aryl methyl sites for hydroxylation is 1. The van der Waals surface area contributed by atoms with E-state index < -0.39 is 5.54 Å². The summed E-state index contributed by atoms with van der Waals surface area (Å²) in [5, 5.41) is 0. The lowest BCUT2D eigenvalue weighted by molar-refractivity contribution is -0.111. The van der Waals surface area contributed by atoms with Gasteiger partial charge in [-0.15, -0.1) is 11.3 Å². The van der Waals surface area contributed by atoms with E-state index in [-0.39, 0.29) is 0 Å². The Labute approximate surface area is 173 Å². The summed E-state index contributed by atoms with van der Waals surface area (Å²) >= 11 is 1.70. The van der Waals surface area contributed by atoms with Gasteiger partial charge in [-0.1, -0.05) is 43.8 Å². The van der Waals surface area contributed by atoms with E-state index in [9.17, 15) is 4.79 Å². The number of hydrogen-bond acceptors (Lipinski definition) is 4. The van der Waals surface area contributed by atoms with E-state index in [2.05, 4.69) is 49.6 Å². The third-order valence-electron chi connectivity index (χ3n) is 5.12. The predicted octanol–water partition coefficient (Wildman–Crippen LogP) is 6.14. The van der Waals surface area contributed by atoms with Crippen molar-refractivity contribution in [1.29, 1.82) is 0 Å². The lowest BCUT2D eigenvalue weighted by Gasteiger charge is -2.33. The van der Waals surface area contributed by atoms with Gasteiger partial charge in [0.25, 0.3) is 0 Å². The molecule has 1 aromatic carbocycles. The van der Waals surface area contributed by atoms with Crippen LogP contribution in [0.2, 0.25) is 0 Å². The molecule has 28 heavy (non-hydrogen) atoms. The molecule has 0 amide bonds. The number of likely N-dealkylation sites (N-methyl/N-ethyl adjacent to an activating group) is 1. The average Bonchev–Trinajstić information content (AvgIpc) is 3.01. The highest BCUT2D eigenvalue weighted by molar-refractivity contribution is 7.13. The topological polar surface area (TPSA) is 29.5 Å². The van der Waals surface area contributed by atoms with Gasteiger partial charge in [-0.05, 0) is 50.8 Å². The van der Waals surface area contributed by atoms with Crippen LogP contribution in [0.1, 0.15) is 54.1 Å². The summed E-state index contributed by atoms with van der Waals surface area (Å²) in [7, 11) is 1.98. The Kier molecular flexibility index (Phi) is 7.25. The van der Waals surface area contributed by atoms with Gasteiger partial charge in [-0.25, -0.2) is 0 Å². The van der Waals surface area contributed by atoms with E-state index in [1.54, 1.807) is 17.6 Å². The van der Waals surface area contributed by atoms with Crippen molar-refractivity contribution < 1.29 is 9.53 Å². The molecule has 0 radical (unpaired) electrons. The molecule has 0 aliphatic heterocycles. The first-order chi connectivity index (χ1) is 13.3. The second-order valence-corrected chi connectivity index (χ2v) is 8.57. The number of thiophene rings is 1. The summed E-state index contributed by atoms with van der Waals surface area (Å²) < 4.78 is 5.66. The van der Waals surface area contributed by atoms with Gasteiger partial charge in [0.05, 0.1) is 22.4 Å². The quantitative estimate of drug-likeness (QED) is 0.376. The number of aldehydes is 1. The minimum atomic E-state index is -0.604. The minimum absolute atomic E-state index is 0.604. The Morgan fingerprint density at radius 3 is 2.50 bits per heavy atom. The lowest BCUT2D eigenvalue weighted by atomic mass is 9.99. The summed E-state index contributed by atoms with van der Waals surface area (Å²) in [5.41, 5.74) is 4.25. The van der Waals surface area contributed by atoms with Crippen LogP contribution in [0.4, 0.5) is 5.69 Å². The molecular weight excluding hydrogens is 366 g/mol. The Bertz CT molecular complexity index is 877. The number of allylic oxidation sites excluding steroid dienone is 1. The molecule has 0 unspecified atom stereocenters. The van der Waals surface area contributed by atoms with Crippen molar-refractivity contribution >= 4 is 29.1 Å². The highest BCUT2D eigenvalue weighted by Crippen LogP contribution is 2.42. The number of hydrogen-bond donors (Lipinski definition) is 0. The molecule has 1 aromatic heterocycles. The molecule has 0 fully saturated rings. The van der Waals surface area contributed by atoms with Crippen LogP contribution in [-0.2, 0) is 22.4 Å². The SMILES string of the molecule is C=C(O/C=C\C)c1sc(Cc2ccccc2CC)c(N(C)C(C)(C)C=O)c1C. The number of carbonyl (C=O) groups excluding carboxylic acids is 1. The second-order valence-electron chi connectivity index (χ2n) is 7.47. The predicted molar refractivity (Wildman–Crippen MR) is 121 cm³/mol. The van der Waals surface area contributed by atoms with Crippen molar-refractivity contribution in [3.8, 4) is 0 Å². The highest BCUT2D eigenvalue weighted by atomic mass is 32.1. The molecule has 1 heterocycles. The molecule has 2 aromatic rings. The number of ether oxygens (including phenoxy) is 1. The normalized spacial score (nSPS) is 11.6. The maximum atomic E-state index is 11.7. The molecule has 0 N–H and O–H groups in total. The smallest absolute Gasteiger partial charge is 0.144 e. The maximum absolute atomic E-state index is 11.7. The Morgan fingerprint density at radius 1 is 1.29 bits per heavy atom. The fourth-order valence-corrected chi connectivity index (χ4v) is 4.48. The van der Waals surface area contributed by atoms with Gasteiger partial charge < -0.3 is 14.4 Å². The third kappa shape index (κ3) is 4.56. The number of rotatable bonds is 9. The molecule has 0 aliphatic carbocycles. The molecule has 0 saturated carbocycles. The number of benzene rings is 1. The van der Waals surface area contributed by atoms with Crippen molar-refractivity contribution in [3.63, 3.8) is 0 Å². The van der Waals surface area contributed by atoms with Crippen molar-refractivity contribution in [3.05, 3.63) is 69.6 Å². The summed E-state index contributed by atoms with van der Waals surface area (Å²) in [6.07, 6.45) is 6.30. The van der Waals surface area contributed by atoms with Crippen molar-refractivity contribution in [2.24, 2.45) is 0 Å². The van der Waals surface area contributed by atoms with Gasteiger partial charge >= 0.3 is 0 Å². The number of carbonyl (C=O) groups is 1. The molecule has 0 aliphatic rings. The third-order valence-corrected chi connectivity index (χ3v) is 6.45. The lowest BCUT2D eigenvalue weighted by Crippen LogP contribution is -2.43. The fraction of sp³-hybridized carbons (Fsp3) is 0.375. The van der Waals surface area contributed by atoms with Crippen molar-refractivity contribution in [2.45, 2.75) is 53.0 Å². The molecule has 0 bridgehead atoms. The van der Waals surface area contributed by atoms with E-state index in [4.69, 9.17) is 4.74 Å². The van der Waals surface area contributed by atoms with Crippen LogP contribution in [0.3, 0.4) is 0 Å². The maximum Gasteiger partial charge on any atom is 0.144 e. The Hall–Kier alpha value is -2.33. The summed E-state index contributed by atoms with van der Waals surface area (Å²) in [6, 6.07) is 8.54. The molecule has 0 saturated heterocycles. The van der Waals surface area contributed by atoms with E-state index in [0.29, 0.717) is 5.76 Å². The van der Waals surface area contributed by atoms with Crippen LogP contribution < -0.4 is 4.90 Å². The summed E-state index contributed by atoms with van der Waals surface area (Å²) in [4.78, 5) is 16.0. The molecule has 2 rings (SSSR count). The zero-order chi connectivity index (χ0) is 20.9. The van der Waals surface area contributed by atoms with E-state index in [1.165, 1.54) is 16.0 Å². The van der Waals surface area contributed by atoms with Gasteiger partial charge in [0.1, 0.15) is 12.0 Å². The molecule has 0 atom stereocenters. The van der Waals surface area contributed by atoms with Crippen LogP contribution in [0, 0.1) is 6.92 Å². The fourth-order valence-electron chi connectivity index (χ4n) is 3.21. The summed E-state index contributed by atoms with van der Waals surface area (Å²) in [6.45, 7) is 14.2. The summed E-state index contributed by atoms with van der Waals surface area (Å²) in [5.74, 6) is 0.634. The van der Waals surface area contributed by atoms with Gasteiger partial charge in [0, 0.05) is 18.3 Å². The first-order valence-corrected chi connectivity index (χ1v) is 10.4. The molecule has 4 heteroatoms. The van der Waals surface area contributed by atoms with E-state index >= 15 is 0 Å². The molecule has 0 spiro atoms. The van der Waals surface area contributed by atoms with Crippen LogP contribution in [0.5, 0.6) is 0 Å². The molecular formula is C24H31NO2S. The monoisotopic (exact) mass is 397 g/mol. The zero-order valence-electron chi connectivity index (χ0n) is 17.8. The van der Waals surface area contributed by atoms with Gasteiger partial charge in [-0.3, -0.25) is 0 Å². The number of nitrogens with zero attached hydrogens (tertiary/aromatic N) is 1. The van der Waals surface area contributed by atoms with Crippen molar-refractivity contribution in [1.82, 2.24) is 0 Å². The second kappa shape index (κ2) is 9.24. The van der Waals surface area contributed by atoms with Gasteiger partial charge in [0.2, 0.25) is 0 Å². The zero-order valence-corrected chi connectivity index (χ0v) is 18.7. The van der Waals surface area contributed by atoms with Gasteiger partial charge in [-0.2, -0.15) is 0 Å².